The Hall–Kier alpha value is -3.32. The van der Waals surface area contributed by atoms with Crippen molar-refractivity contribution in [1.82, 2.24) is 19.7 Å². The van der Waals surface area contributed by atoms with E-state index in [0.29, 0.717) is 16.7 Å². The summed E-state index contributed by atoms with van der Waals surface area (Å²) in [5, 5.41) is 12.9. The molecule has 3 heterocycles. The fraction of sp³-hybridized carbons (Fsp3) is 0.174. The predicted octanol–water partition coefficient (Wildman–Crippen LogP) is 4.98. The highest BCUT2D eigenvalue weighted by molar-refractivity contribution is 7.98. The largest absolute Gasteiger partial charge is 0.446 e. The Labute approximate surface area is 179 Å². The number of fused-ring (bicyclic) bond motifs is 3. The van der Waals surface area contributed by atoms with Gasteiger partial charge in [0.2, 0.25) is 17.3 Å². The minimum absolute atomic E-state index is 0.376. The van der Waals surface area contributed by atoms with Crippen LogP contribution in [0.1, 0.15) is 23.0 Å². The molecular weight excluding hydrogens is 394 g/mol. The van der Waals surface area contributed by atoms with Crippen LogP contribution in [0.2, 0.25) is 0 Å². The summed E-state index contributed by atoms with van der Waals surface area (Å²) in [7, 11) is 2.00. The summed E-state index contributed by atoms with van der Waals surface area (Å²) in [5.74, 6) is 1.26. The highest BCUT2D eigenvalue weighted by atomic mass is 32.2. The number of rotatable bonds is 4. The molecule has 0 saturated carbocycles. The van der Waals surface area contributed by atoms with Gasteiger partial charge in [0, 0.05) is 30.2 Å². The van der Waals surface area contributed by atoms with Gasteiger partial charge in [0.05, 0.1) is 5.69 Å². The first-order chi connectivity index (χ1) is 14.7. The molecule has 7 heteroatoms. The third-order valence-corrected chi connectivity index (χ3v) is 5.98. The molecule has 0 spiro atoms. The molecule has 2 aromatic carbocycles. The lowest BCUT2D eigenvalue weighted by molar-refractivity contribution is 0.217. The third-order valence-electron chi connectivity index (χ3n) is 5.07. The second-order valence-electron chi connectivity index (χ2n) is 7.25. The van der Waals surface area contributed by atoms with Crippen molar-refractivity contribution in [3.05, 3.63) is 83.7 Å². The third kappa shape index (κ3) is 3.64. The van der Waals surface area contributed by atoms with E-state index in [0.717, 1.165) is 22.7 Å². The Kier molecular flexibility index (Phi) is 4.88. The maximum absolute atomic E-state index is 6.31. The molecule has 5 rings (SSSR count). The zero-order chi connectivity index (χ0) is 20.5. The minimum atomic E-state index is -0.376. The number of aromatic nitrogens is 4. The number of nitrogens with one attached hydrogen (secondary N) is 1. The molecule has 150 valence electrons. The quantitative estimate of drug-likeness (QED) is 0.474. The lowest BCUT2D eigenvalue weighted by atomic mass is 10.1. The second kappa shape index (κ2) is 7.84. The molecule has 30 heavy (non-hydrogen) atoms. The Bertz CT molecular complexity index is 1190. The molecular formula is C23H21N5OS. The second-order valence-corrected chi connectivity index (χ2v) is 8.20. The number of anilines is 1. The smallest absolute Gasteiger partial charge is 0.247 e. The summed E-state index contributed by atoms with van der Waals surface area (Å²) in [4.78, 5) is 4.71. The van der Waals surface area contributed by atoms with Gasteiger partial charge < -0.3 is 14.6 Å². The van der Waals surface area contributed by atoms with E-state index in [2.05, 4.69) is 46.7 Å². The van der Waals surface area contributed by atoms with Crippen LogP contribution in [0.25, 0.3) is 11.3 Å². The van der Waals surface area contributed by atoms with Crippen LogP contribution >= 0.6 is 11.8 Å². The van der Waals surface area contributed by atoms with E-state index in [9.17, 15) is 0 Å². The molecule has 4 aromatic rings. The highest BCUT2D eigenvalue weighted by Crippen LogP contribution is 2.39. The molecule has 1 atom stereocenters. The Morgan fingerprint density at radius 3 is 2.67 bits per heavy atom. The number of ether oxygens (including phenoxy) is 1. The lowest BCUT2D eigenvalue weighted by Crippen LogP contribution is -2.19. The van der Waals surface area contributed by atoms with Crippen molar-refractivity contribution in [1.29, 1.82) is 0 Å². The van der Waals surface area contributed by atoms with Gasteiger partial charge in [0.1, 0.15) is 0 Å². The maximum atomic E-state index is 6.31. The predicted molar refractivity (Wildman–Crippen MR) is 118 cm³/mol. The Balaban J connectivity index is 1.48. The minimum Gasteiger partial charge on any atom is -0.446 e. The molecule has 0 bridgehead atoms. The first kappa shape index (κ1) is 18.7. The maximum Gasteiger partial charge on any atom is 0.247 e. The molecule has 2 aromatic heterocycles. The van der Waals surface area contributed by atoms with Crippen molar-refractivity contribution >= 4 is 17.4 Å². The molecule has 1 aliphatic rings. The van der Waals surface area contributed by atoms with Crippen LogP contribution in [0.5, 0.6) is 5.88 Å². The van der Waals surface area contributed by atoms with E-state index in [4.69, 9.17) is 9.72 Å². The number of hydrogen-bond acceptors (Lipinski definition) is 6. The molecule has 1 N–H and O–H groups in total. The molecule has 1 unspecified atom stereocenters. The van der Waals surface area contributed by atoms with Gasteiger partial charge in [-0.2, -0.15) is 4.98 Å². The Morgan fingerprint density at radius 2 is 1.87 bits per heavy atom. The summed E-state index contributed by atoms with van der Waals surface area (Å²) >= 11 is 1.55. The number of thioether (sulfide) groups is 1. The lowest BCUT2D eigenvalue weighted by Gasteiger charge is -2.19. The van der Waals surface area contributed by atoms with Gasteiger partial charge in [-0.3, -0.25) is 0 Å². The zero-order valence-corrected chi connectivity index (χ0v) is 17.6. The van der Waals surface area contributed by atoms with Crippen molar-refractivity contribution in [3.8, 4) is 17.1 Å². The number of benzene rings is 2. The molecule has 6 nitrogen and oxygen atoms in total. The van der Waals surface area contributed by atoms with Crippen LogP contribution in [-0.4, -0.2) is 19.7 Å². The van der Waals surface area contributed by atoms with Gasteiger partial charge in [-0.05, 0) is 30.7 Å². The monoisotopic (exact) mass is 415 g/mol. The molecule has 0 aliphatic carbocycles. The zero-order valence-electron chi connectivity index (χ0n) is 16.7. The van der Waals surface area contributed by atoms with E-state index in [1.165, 1.54) is 11.1 Å². The van der Waals surface area contributed by atoms with Crippen molar-refractivity contribution < 1.29 is 4.74 Å². The Morgan fingerprint density at radius 1 is 1.03 bits per heavy atom. The van der Waals surface area contributed by atoms with Gasteiger partial charge >= 0.3 is 0 Å². The van der Waals surface area contributed by atoms with E-state index < -0.39 is 0 Å². The van der Waals surface area contributed by atoms with Crippen molar-refractivity contribution in [2.75, 3.05) is 5.32 Å². The van der Waals surface area contributed by atoms with Gasteiger partial charge in [-0.15, -0.1) is 10.2 Å². The molecule has 0 amide bonds. The van der Waals surface area contributed by atoms with E-state index in [1.807, 2.05) is 54.2 Å². The summed E-state index contributed by atoms with van der Waals surface area (Å²) in [6, 6.07) is 20.5. The van der Waals surface area contributed by atoms with Crippen molar-refractivity contribution in [2.24, 2.45) is 7.05 Å². The van der Waals surface area contributed by atoms with E-state index in [1.54, 1.807) is 11.8 Å². The fourth-order valence-electron chi connectivity index (χ4n) is 3.42. The highest BCUT2D eigenvalue weighted by Gasteiger charge is 2.27. The standard InChI is InChI=1S/C23H21N5OS/c1-15-9-11-16(12-10-15)14-30-23-25-22-20(26-27-23)17-6-3-4-7-18(17)24-21(29-22)19-8-5-13-28(19)2/h3-13,21,24H,14H2,1-2H3. The average Bonchev–Trinajstić information content (AvgIpc) is 3.12. The topological polar surface area (TPSA) is 64.9 Å². The molecule has 0 fully saturated rings. The molecule has 0 radical (unpaired) electrons. The molecule has 1 aliphatic heterocycles. The summed E-state index contributed by atoms with van der Waals surface area (Å²) in [6.07, 6.45) is 1.62. The summed E-state index contributed by atoms with van der Waals surface area (Å²) < 4.78 is 8.35. The summed E-state index contributed by atoms with van der Waals surface area (Å²) in [5.41, 5.74) is 5.99. The van der Waals surface area contributed by atoms with Gasteiger partial charge in [-0.1, -0.05) is 59.8 Å². The van der Waals surface area contributed by atoms with E-state index in [-0.39, 0.29) is 6.23 Å². The van der Waals surface area contributed by atoms with Gasteiger partial charge in [0.25, 0.3) is 0 Å². The SMILES string of the molecule is Cc1ccc(CSc2nnc3c(n2)OC(c2cccn2C)Nc2ccccc2-3)cc1. The normalized spacial score (nSPS) is 14.8. The van der Waals surface area contributed by atoms with Gasteiger partial charge in [-0.25, -0.2) is 0 Å². The average molecular weight is 416 g/mol. The fourth-order valence-corrected chi connectivity index (χ4v) is 4.16. The molecule has 0 saturated heterocycles. The van der Waals surface area contributed by atoms with Crippen LogP contribution in [0.3, 0.4) is 0 Å². The summed E-state index contributed by atoms with van der Waals surface area (Å²) in [6.45, 7) is 2.09. The van der Waals surface area contributed by atoms with Crippen LogP contribution in [0.15, 0.2) is 72.0 Å². The number of aryl methyl sites for hydroxylation is 2. The first-order valence-electron chi connectivity index (χ1n) is 9.74. The van der Waals surface area contributed by atoms with Gasteiger partial charge in [0.15, 0.2) is 5.69 Å². The van der Waals surface area contributed by atoms with E-state index >= 15 is 0 Å². The van der Waals surface area contributed by atoms with Crippen LogP contribution in [0.4, 0.5) is 5.69 Å². The van der Waals surface area contributed by atoms with Crippen LogP contribution in [0, 0.1) is 6.92 Å². The number of para-hydroxylation sites is 1. The van der Waals surface area contributed by atoms with Crippen LogP contribution < -0.4 is 10.1 Å². The van der Waals surface area contributed by atoms with Crippen molar-refractivity contribution in [3.63, 3.8) is 0 Å². The van der Waals surface area contributed by atoms with Crippen molar-refractivity contribution in [2.45, 2.75) is 24.1 Å². The number of nitrogens with zero attached hydrogens (tertiary/aromatic N) is 4. The van der Waals surface area contributed by atoms with Crippen LogP contribution in [-0.2, 0) is 12.8 Å². The first-order valence-corrected chi connectivity index (χ1v) is 10.7. The number of hydrogen-bond donors (Lipinski definition) is 1.